The number of ether oxygens (including phenoxy) is 1. The van der Waals surface area contributed by atoms with Crippen LogP contribution < -0.4 is 4.74 Å². The van der Waals surface area contributed by atoms with Gasteiger partial charge in [-0.25, -0.2) is 0 Å². The van der Waals surface area contributed by atoms with Crippen LogP contribution in [0, 0.1) is 10.5 Å². The second kappa shape index (κ2) is 3.73. The summed E-state index contributed by atoms with van der Waals surface area (Å²) in [5.41, 5.74) is 0.742. The standard InChI is InChI=1S/C8H6F3IO/c1-5-2-6(12)4-7(3-5)13-8(9,10)11/h2-4H,1H3. The van der Waals surface area contributed by atoms with Crippen molar-refractivity contribution >= 4 is 22.6 Å². The zero-order valence-corrected chi connectivity index (χ0v) is 8.81. The Morgan fingerprint density at radius 3 is 2.31 bits per heavy atom. The Bertz CT molecular complexity index is 288. The minimum Gasteiger partial charge on any atom is -0.406 e. The third-order valence-corrected chi connectivity index (χ3v) is 1.87. The van der Waals surface area contributed by atoms with Gasteiger partial charge in [-0.3, -0.25) is 0 Å². The molecule has 1 nitrogen and oxygen atoms in total. The average molecular weight is 302 g/mol. The lowest BCUT2D eigenvalue weighted by Gasteiger charge is -2.09. The van der Waals surface area contributed by atoms with Crippen LogP contribution in [0.2, 0.25) is 0 Å². The molecule has 0 N–H and O–H groups in total. The summed E-state index contributed by atoms with van der Waals surface area (Å²) in [6, 6.07) is 4.44. The van der Waals surface area contributed by atoms with Crippen molar-refractivity contribution in [2.24, 2.45) is 0 Å². The molecule has 0 saturated carbocycles. The molecular formula is C8H6F3IO. The summed E-state index contributed by atoms with van der Waals surface area (Å²) in [5, 5.41) is 0. The van der Waals surface area contributed by atoms with Crippen molar-refractivity contribution in [3.63, 3.8) is 0 Å². The van der Waals surface area contributed by atoms with E-state index >= 15 is 0 Å². The van der Waals surface area contributed by atoms with Gasteiger partial charge in [0.2, 0.25) is 0 Å². The molecule has 0 saturated heterocycles. The second-order valence-corrected chi connectivity index (χ2v) is 3.76. The normalized spacial score (nSPS) is 11.5. The number of rotatable bonds is 1. The highest BCUT2D eigenvalue weighted by atomic mass is 127. The SMILES string of the molecule is Cc1cc(I)cc(OC(F)(F)F)c1. The van der Waals surface area contributed by atoms with Gasteiger partial charge in [0.25, 0.3) is 0 Å². The fourth-order valence-corrected chi connectivity index (χ4v) is 1.69. The summed E-state index contributed by atoms with van der Waals surface area (Å²) in [4.78, 5) is 0. The van der Waals surface area contributed by atoms with Gasteiger partial charge >= 0.3 is 6.36 Å². The third kappa shape index (κ3) is 3.84. The van der Waals surface area contributed by atoms with Crippen LogP contribution in [-0.4, -0.2) is 6.36 Å². The quantitative estimate of drug-likeness (QED) is 0.722. The van der Waals surface area contributed by atoms with Gasteiger partial charge in [-0.2, -0.15) is 0 Å². The van der Waals surface area contributed by atoms with Gasteiger partial charge in [-0.05, 0) is 53.3 Å². The van der Waals surface area contributed by atoms with Crippen molar-refractivity contribution in [3.8, 4) is 5.75 Å². The second-order valence-electron chi connectivity index (χ2n) is 2.51. The van der Waals surface area contributed by atoms with Crippen LogP contribution in [0.5, 0.6) is 5.75 Å². The van der Waals surface area contributed by atoms with Crippen molar-refractivity contribution in [2.75, 3.05) is 0 Å². The molecule has 0 fully saturated rings. The molecule has 5 heteroatoms. The highest BCUT2D eigenvalue weighted by molar-refractivity contribution is 14.1. The van der Waals surface area contributed by atoms with Crippen LogP contribution in [0.1, 0.15) is 5.56 Å². The number of alkyl halides is 3. The first kappa shape index (κ1) is 10.6. The van der Waals surface area contributed by atoms with Crippen LogP contribution in [-0.2, 0) is 0 Å². The van der Waals surface area contributed by atoms with Gasteiger partial charge in [0.15, 0.2) is 0 Å². The van der Waals surface area contributed by atoms with Crippen LogP contribution in [0.3, 0.4) is 0 Å². The first-order valence-corrected chi connectivity index (χ1v) is 4.47. The largest absolute Gasteiger partial charge is 0.573 e. The van der Waals surface area contributed by atoms with E-state index in [4.69, 9.17) is 0 Å². The highest BCUT2D eigenvalue weighted by Crippen LogP contribution is 2.25. The average Bonchev–Trinajstić information content (AvgIpc) is 1.78. The molecule has 0 spiro atoms. The molecule has 0 unspecified atom stereocenters. The molecule has 72 valence electrons. The lowest BCUT2D eigenvalue weighted by Crippen LogP contribution is -2.17. The molecule has 0 atom stereocenters. The summed E-state index contributed by atoms with van der Waals surface area (Å²) in [5.74, 6) is -0.170. The smallest absolute Gasteiger partial charge is 0.406 e. The van der Waals surface area contributed by atoms with Gasteiger partial charge in [0.05, 0.1) is 0 Å². The number of hydrogen-bond donors (Lipinski definition) is 0. The van der Waals surface area contributed by atoms with E-state index in [1.54, 1.807) is 13.0 Å². The Kier molecular flexibility index (Phi) is 3.05. The van der Waals surface area contributed by atoms with E-state index in [9.17, 15) is 13.2 Å². The minimum absolute atomic E-state index is 0.170. The molecule has 0 aliphatic heterocycles. The van der Waals surface area contributed by atoms with Crippen molar-refractivity contribution in [1.29, 1.82) is 0 Å². The number of hydrogen-bond acceptors (Lipinski definition) is 1. The van der Waals surface area contributed by atoms with Crippen LogP contribution >= 0.6 is 22.6 Å². The molecule has 0 amide bonds. The zero-order chi connectivity index (χ0) is 10.1. The molecule has 0 aliphatic rings. The van der Waals surface area contributed by atoms with Crippen LogP contribution in [0.15, 0.2) is 18.2 Å². The molecule has 13 heavy (non-hydrogen) atoms. The molecule has 1 rings (SSSR count). The maximum absolute atomic E-state index is 11.8. The monoisotopic (exact) mass is 302 g/mol. The highest BCUT2D eigenvalue weighted by Gasteiger charge is 2.31. The molecular weight excluding hydrogens is 296 g/mol. The van der Waals surface area contributed by atoms with Crippen LogP contribution in [0.25, 0.3) is 0 Å². The van der Waals surface area contributed by atoms with E-state index in [0.29, 0.717) is 0 Å². The fourth-order valence-electron chi connectivity index (χ4n) is 0.895. The Balaban J connectivity index is 2.90. The molecule has 0 heterocycles. The molecule has 1 aromatic carbocycles. The van der Waals surface area contributed by atoms with Crippen molar-refractivity contribution < 1.29 is 17.9 Å². The molecule has 0 aromatic heterocycles. The van der Waals surface area contributed by atoms with Gasteiger partial charge in [-0.15, -0.1) is 13.2 Å². The third-order valence-electron chi connectivity index (χ3n) is 1.25. The van der Waals surface area contributed by atoms with E-state index < -0.39 is 6.36 Å². The van der Waals surface area contributed by atoms with E-state index in [2.05, 4.69) is 4.74 Å². The Morgan fingerprint density at radius 2 is 1.85 bits per heavy atom. The molecule has 0 bridgehead atoms. The van der Waals surface area contributed by atoms with Gasteiger partial charge in [0.1, 0.15) is 5.75 Å². The Morgan fingerprint density at radius 1 is 1.23 bits per heavy atom. The number of benzene rings is 1. The Labute approximate surface area is 87.0 Å². The van der Waals surface area contributed by atoms with E-state index in [1.165, 1.54) is 12.1 Å². The predicted octanol–water partition coefficient (Wildman–Crippen LogP) is 3.50. The molecule has 0 aliphatic carbocycles. The lowest BCUT2D eigenvalue weighted by molar-refractivity contribution is -0.274. The summed E-state index contributed by atoms with van der Waals surface area (Å²) in [6.07, 6.45) is -4.61. The number of halogens is 4. The number of aryl methyl sites for hydroxylation is 1. The first-order chi connectivity index (χ1) is 5.87. The van der Waals surface area contributed by atoms with Gasteiger partial charge in [0, 0.05) is 3.57 Å². The predicted molar refractivity (Wildman–Crippen MR) is 50.6 cm³/mol. The summed E-state index contributed by atoms with van der Waals surface area (Å²) in [6.45, 7) is 1.71. The van der Waals surface area contributed by atoms with Crippen molar-refractivity contribution in [2.45, 2.75) is 13.3 Å². The minimum atomic E-state index is -4.61. The maximum Gasteiger partial charge on any atom is 0.573 e. The topological polar surface area (TPSA) is 9.23 Å². The Hall–Kier alpha value is -0.460. The van der Waals surface area contributed by atoms with Crippen molar-refractivity contribution in [3.05, 3.63) is 27.3 Å². The first-order valence-electron chi connectivity index (χ1n) is 3.40. The maximum atomic E-state index is 11.8. The molecule has 1 aromatic rings. The van der Waals surface area contributed by atoms with E-state index in [1.807, 2.05) is 22.6 Å². The lowest BCUT2D eigenvalue weighted by atomic mass is 10.2. The summed E-state index contributed by atoms with van der Waals surface area (Å²) in [7, 11) is 0. The molecule has 0 radical (unpaired) electrons. The summed E-state index contributed by atoms with van der Waals surface area (Å²) >= 11 is 1.94. The van der Waals surface area contributed by atoms with Gasteiger partial charge < -0.3 is 4.74 Å². The van der Waals surface area contributed by atoms with Crippen molar-refractivity contribution in [1.82, 2.24) is 0 Å². The summed E-state index contributed by atoms with van der Waals surface area (Å²) < 4.78 is 39.8. The van der Waals surface area contributed by atoms with E-state index in [0.717, 1.165) is 9.13 Å². The van der Waals surface area contributed by atoms with E-state index in [-0.39, 0.29) is 5.75 Å². The zero-order valence-electron chi connectivity index (χ0n) is 6.65. The van der Waals surface area contributed by atoms with Crippen LogP contribution in [0.4, 0.5) is 13.2 Å². The van der Waals surface area contributed by atoms with Gasteiger partial charge in [-0.1, -0.05) is 0 Å². The fraction of sp³-hybridized carbons (Fsp3) is 0.250.